The standard InChI is InChI=1S/C20H22N2O2S/c1-13(24-15-11-9-14(10-12-15)20(2,3)4)18(23)22-19-21-16-7-5-6-8-17(16)25-19/h5-13H,1-4H3,(H,21,22,23)/t13-/m1/s1. The summed E-state index contributed by atoms with van der Waals surface area (Å²) < 4.78 is 6.80. The molecule has 0 fully saturated rings. The second-order valence-corrected chi connectivity index (χ2v) is 8.04. The van der Waals surface area contributed by atoms with Crippen molar-refractivity contribution >= 4 is 32.6 Å². The number of hydrogen-bond donors (Lipinski definition) is 1. The number of hydrogen-bond acceptors (Lipinski definition) is 4. The Kier molecular flexibility index (Phi) is 4.77. The molecule has 130 valence electrons. The van der Waals surface area contributed by atoms with E-state index in [0.29, 0.717) is 10.9 Å². The number of anilines is 1. The molecular weight excluding hydrogens is 332 g/mol. The Labute approximate surface area is 151 Å². The maximum Gasteiger partial charge on any atom is 0.266 e. The molecule has 2 aromatic carbocycles. The molecule has 5 heteroatoms. The summed E-state index contributed by atoms with van der Waals surface area (Å²) in [4.78, 5) is 16.8. The van der Waals surface area contributed by atoms with Crippen LogP contribution in [0.4, 0.5) is 5.13 Å². The van der Waals surface area contributed by atoms with Gasteiger partial charge in [0.05, 0.1) is 10.2 Å². The third kappa shape index (κ3) is 4.17. The lowest BCUT2D eigenvalue weighted by Gasteiger charge is -2.20. The van der Waals surface area contributed by atoms with E-state index in [2.05, 4.69) is 31.1 Å². The van der Waals surface area contributed by atoms with Crippen LogP contribution in [0.3, 0.4) is 0 Å². The number of carbonyl (C=O) groups is 1. The molecule has 3 rings (SSSR count). The predicted molar refractivity (Wildman–Crippen MR) is 103 cm³/mol. The van der Waals surface area contributed by atoms with Gasteiger partial charge in [0.15, 0.2) is 11.2 Å². The van der Waals surface area contributed by atoms with Crippen molar-refractivity contribution < 1.29 is 9.53 Å². The van der Waals surface area contributed by atoms with Gasteiger partial charge in [-0.3, -0.25) is 10.1 Å². The Balaban J connectivity index is 1.64. The van der Waals surface area contributed by atoms with Crippen LogP contribution in [0.1, 0.15) is 33.3 Å². The van der Waals surface area contributed by atoms with E-state index in [-0.39, 0.29) is 11.3 Å². The number of aromatic nitrogens is 1. The van der Waals surface area contributed by atoms with E-state index < -0.39 is 6.10 Å². The highest BCUT2D eigenvalue weighted by Crippen LogP contribution is 2.26. The third-order valence-corrected chi connectivity index (χ3v) is 4.88. The van der Waals surface area contributed by atoms with Gasteiger partial charge in [0.1, 0.15) is 5.75 Å². The van der Waals surface area contributed by atoms with Crippen LogP contribution in [0.25, 0.3) is 10.2 Å². The van der Waals surface area contributed by atoms with Crippen molar-refractivity contribution in [1.82, 2.24) is 4.98 Å². The Morgan fingerprint density at radius 1 is 1.12 bits per heavy atom. The van der Waals surface area contributed by atoms with E-state index in [1.807, 2.05) is 48.5 Å². The Bertz CT molecular complexity index is 846. The maximum absolute atomic E-state index is 12.4. The van der Waals surface area contributed by atoms with Gasteiger partial charge in [-0.05, 0) is 42.2 Å². The summed E-state index contributed by atoms with van der Waals surface area (Å²) in [5, 5.41) is 3.42. The summed E-state index contributed by atoms with van der Waals surface area (Å²) in [5.41, 5.74) is 2.20. The van der Waals surface area contributed by atoms with Crippen molar-refractivity contribution in [3.8, 4) is 5.75 Å². The predicted octanol–water partition coefficient (Wildman–Crippen LogP) is 5.00. The van der Waals surface area contributed by atoms with Crippen LogP contribution >= 0.6 is 11.3 Å². The fourth-order valence-electron chi connectivity index (χ4n) is 2.42. The molecule has 0 saturated heterocycles. The number of nitrogens with one attached hydrogen (secondary N) is 1. The lowest BCUT2D eigenvalue weighted by atomic mass is 9.87. The van der Waals surface area contributed by atoms with Crippen LogP contribution in [0.5, 0.6) is 5.75 Å². The van der Waals surface area contributed by atoms with E-state index in [0.717, 1.165) is 10.2 Å². The minimum absolute atomic E-state index is 0.0916. The number of ether oxygens (including phenoxy) is 1. The SMILES string of the molecule is C[C@@H](Oc1ccc(C(C)(C)C)cc1)C(=O)Nc1nc2ccccc2s1. The second kappa shape index (κ2) is 6.84. The van der Waals surface area contributed by atoms with Gasteiger partial charge < -0.3 is 4.74 Å². The minimum Gasteiger partial charge on any atom is -0.481 e. The van der Waals surface area contributed by atoms with Crippen molar-refractivity contribution in [3.63, 3.8) is 0 Å². The molecule has 0 spiro atoms. The number of fused-ring (bicyclic) bond motifs is 1. The van der Waals surface area contributed by atoms with Crippen LogP contribution in [-0.2, 0) is 10.2 Å². The highest BCUT2D eigenvalue weighted by atomic mass is 32.1. The lowest BCUT2D eigenvalue weighted by molar-refractivity contribution is -0.122. The van der Waals surface area contributed by atoms with E-state index in [4.69, 9.17) is 4.74 Å². The van der Waals surface area contributed by atoms with Crippen molar-refractivity contribution in [2.45, 2.75) is 39.2 Å². The molecule has 0 aliphatic carbocycles. The van der Waals surface area contributed by atoms with Gasteiger partial charge in [0.25, 0.3) is 5.91 Å². The van der Waals surface area contributed by atoms with Crippen LogP contribution < -0.4 is 10.1 Å². The number of para-hydroxylation sites is 1. The van der Waals surface area contributed by atoms with Gasteiger partial charge in [0, 0.05) is 0 Å². The van der Waals surface area contributed by atoms with Gasteiger partial charge >= 0.3 is 0 Å². The van der Waals surface area contributed by atoms with Gasteiger partial charge in [-0.25, -0.2) is 4.98 Å². The molecule has 0 bridgehead atoms. The molecule has 1 aromatic heterocycles. The molecule has 4 nitrogen and oxygen atoms in total. The topological polar surface area (TPSA) is 51.2 Å². The largest absolute Gasteiger partial charge is 0.481 e. The molecule has 0 aliphatic heterocycles. The van der Waals surface area contributed by atoms with E-state index >= 15 is 0 Å². The van der Waals surface area contributed by atoms with E-state index in [1.54, 1.807) is 6.92 Å². The quantitative estimate of drug-likeness (QED) is 0.717. The van der Waals surface area contributed by atoms with E-state index in [9.17, 15) is 4.79 Å². The van der Waals surface area contributed by atoms with Crippen LogP contribution in [0, 0.1) is 0 Å². The third-order valence-electron chi connectivity index (χ3n) is 3.93. The van der Waals surface area contributed by atoms with Gasteiger partial charge in [0.2, 0.25) is 0 Å². The summed E-state index contributed by atoms with van der Waals surface area (Å²) >= 11 is 1.46. The molecule has 1 atom stereocenters. The fourth-order valence-corrected chi connectivity index (χ4v) is 3.29. The Morgan fingerprint density at radius 3 is 2.44 bits per heavy atom. The first-order valence-corrected chi connectivity index (χ1v) is 9.08. The monoisotopic (exact) mass is 354 g/mol. The highest BCUT2D eigenvalue weighted by Gasteiger charge is 2.18. The van der Waals surface area contributed by atoms with Crippen molar-refractivity contribution in [3.05, 3.63) is 54.1 Å². The van der Waals surface area contributed by atoms with E-state index in [1.165, 1.54) is 16.9 Å². The molecule has 0 aliphatic rings. The fraction of sp³-hybridized carbons (Fsp3) is 0.300. The van der Waals surface area contributed by atoms with Crippen molar-refractivity contribution in [1.29, 1.82) is 0 Å². The normalized spacial score (nSPS) is 12.8. The summed E-state index contributed by atoms with van der Waals surface area (Å²) in [6.45, 7) is 8.23. The Morgan fingerprint density at radius 2 is 1.80 bits per heavy atom. The second-order valence-electron chi connectivity index (χ2n) is 7.01. The summed E-state index contributed by atoms with van der Waals surface area (Å²) in [6.07, 6.45) is -0.604. The smallest absolute Gasteiger partial charge is 0.266 e. The first-order chi connectivity index (χ1) is 11.8. The number of thiazole rings is 1. The average Bonchev–Trinajstić information content (AvgIpc) is 2.96. The van der Waals surface area contributed by atoms with Crippen LogP contribution in [0.2, 0.25) is 0 Å². The summed E-state index contributed by atoms with van der Waals surface area (Å²) in [5.74, 6) is 0.471. The van der Waals surface area contributed by atoms with Crippen molar-refractivity contribution in [2.75, 3.05) is 5.32 Å². The first kappa shape index (κ1) is 17.4. The minimum atomic E-state index is -0.604. The number of carbonyl (C=O) groups excluding carboxylic acids is 1. The molecule has 1 amide bonds. The number of benzene rings is 2. The van der Waals surface area contributed by atoms with Gasteiger partial charge in [-0.1, -0.05) is 56.4 Å². The van der Waals surface area contributed by atoms with Gasteiger partial charge in [-0.15, -0.1) is 0 Å². The van der Waals surface area contributed by atoms with Crippen LogP contribution in [-0.4, -0.2) is 17.0 Å². The Hall–Kier alpha value is -2.40. The molecule has 1 heterocycles. The molecule has 1 N–H and O–H groups in total. The molecular formula is C20H22N2O2S. The highest BCUT2D eigenvalue weighted by molar-refractivity contribution is 7.22. The molecule has 3 aromatic rings. The molecule has 0 radical (unpaired) electrons. The lowest BCUT2D eigenvalue weighted by Crippen LogP contribution is -2.30. The molecule has 0 saturated carbocycles. The first-order valence-electron chi connectivity index (χ1n) is 8.26. The summed E-state index contributed by atoms with van der Waals surface area (Å²) in [6, 6.07) is 15.7. The average molecular weight is 354 g/mol. The number of nitrogens with zero attached hydrogens (tertiary/aromatic N) is 1. The zero-order chi connectivity index (χ0) is 18.0. The summed E-state index contributed by atoms with van der Waals surface area (Å²) in [7, 11) is 0. The van der Waals surface area contributed by atoms with Crippen LogP contribution in [0.15, 0.2) is 48.5 Å². The zero-order valence-electron chi connectivity index (χ0n) is 14.9. The number of amides is 1. The molecule has 0 unspecified atom stereocenters. The zero-order valence-corrected chi connectivity index (χ0v) is 15.7. The number of rotatable bonds is 4. The maximum atomic E-state index is 12.4. The van der Waals surface area contributed by atoms with Crippen molar-refractivity contribution in [2.24, 2.45) is 0 Å². The van der Waals surface area contributed by atoms with Gasteiger partial charge in [-0.2, -0.15) is 0 Å². The molecule has 25 heavy (non-hydrogen) atoms.